The van der Waals surface area contributed by atoms with Gasteiger partial charge in [0.2, 0.25) is 0 Å². The second-order valence-electron chi connectivity index (χ2n) is 9.13. The van der Waals surface area contributed by atoms with E-state index in [9.17, 15) is 0 Å². The summed E-state index contributed by atoms with van der Waals surface area (Å²) in [5, 5.41) is 0. The molecule has 10 nitrogen and oxygen atoms in total. The minimum atomic E-state index is -4.02. The van der Waals surface area contributed by atoms with E-state index in [2.05, 4.69) is 52.6 Å². The lowest BCUT2D eigenvalue weighted by Gasteiger charge is -2.54. The third-order valence-electron chi connectivity index (χ3n) is 5.81. The van der Waals surface area contributed by atoms with Crippen LogP contribution in [-0.2, 0) is 41.2 Å². The molecule has 0 aliphatic carbocycles. The summed E-state index contributed by atoms with van der Waals surface area (Å²) in [4.78, 5) is 0. The largest absolute Gasteiger partial charge is 0.506 e. The maximum absolute atomic E-state index is 6.71. The van der Waals surface area contributed by atoms with Crippen molar-refractivity contribution < 1.29 is 41.2 Å². The average molecular weight is 661 g/mol. The van der Waals surface area contributed by atoms with Crippen molar-refractivity contribution in [2.45, 2.75) is 26.2 Å². The predicted molar refractivity (Wildman–Crippen MR) is 162 cm³/mol. The van der Waals surface area contributed by atoms with Gasteiger partial charge in [-0.15, -0.1) is 52.6 Å². The lowest BCUT2D eigenvalue weighted by Crippen LogP contribution is -2.79. The zero-order valence-corrected chi connectivity index (χ0v) is 30.4. The SMILES string of the molecule is C=C[Si]1(C)O[Si](C)(C=C)O[Si]2(C=C)O[Si](C=C)(O1)O[Si]1(C=C)O[Si](C)(C=C)O[Si](C)(C=C)O[Si](C=C)(O1)O2. The number of hydrogen-bond acceptors (Lipinski definition) is 10. The Balaban J connectivity index is 2.38. The molecule has 3 saturated heterocycles. The van der Waals surface area contributed by atoms with Gasteiger partial charge in [0.05, 0.1) is 0 Å². The van der Waals surface area contributed by atoms with Crippen molar-refractivity contribution in [1.82, 2.24) is 0 Å². The van der Waals surface area contributed by atoms with E-state index in [0.29, 0.717) is 0 Å². The van der Waals surface area contributed by atoms with Gasteiger partial charge in [-0.25, -0.2) is 0 Å². The molecule has 0 radical (unpaired) electrons. The highest BCUT2D eigenvalue weighted by molar-refractivity contribution is 7.04. The number of hydrogen-bond donors (Lipinski definition) is 0. The van der Waals surface area contributed by atoms with Crippen molar-refractivity contribution in [3.8, 4) is 0 Å². The highest BCUT2D eigenvalue weighted by Crippen LogP contribution is 2.43. The normalized spacial score (nSPS) is 49.2. The summed E-state index contributed by atoms with van der Waals surface area (Å²) in [5.74, 6) is 0. The zero-order chi connectivity index (χ0) is 28.7. The first-order valence-corrected chi connectivity index (χ1v) is 28.4. The minimum absolute atomic E-state index is 1.45. The molecule has 0 aromatic carbocycles. The van der Waals surface area contributed by atoms with Crippen molar-refractivity contribution in [2.24, 2.45) is 0 Å². The van der Waals surface area contributed by atoms with Gasteiger partial charge in [0.1, 0.15) is 0 Å². The molecule has 208 valence electrons. The molecule has 3 heterocycles. The molecule has 4 atom stereocenters. The predicted octanol–water partition coefficient (Wildman–Crippen LogP) is 4.04. The molecule has 3 rings (SSSR count). The van der Waals surface area contributed by atoms with Crippen LogP contribution in [0.15, 0.2) is 98.2 Å². The third-order valence-corrected chi connectivity index (χ3v) is 37.4. The molecule has 18 heteroatoms. The molecule has 0 aromatic heterocycles. The Bertz CT molecular complexity index is 924. The first-order valence-electron chi connectivity index (χ1n) is 11.7. The fraction of sp³-hybridized carbons (Fsp3) is 0.200. The Labute approximate surface area is 234 Å². The molecule has 0 aromatic rings. The van der Waals surface area contributed by atoms with Crippen LogP contribution in [0, 0.1) is 0 Å². The zero-order valence-electron chi connectivity index (χ0n) is 22.4. The first kappa shape index (κ1) is 31.8. The topological polar surface area (TPSA) is 92.3 Å². The fourth-order valence-electron chi connectivity index (χ4n) is 3.89. The van der Waals surface area contributed by atoms with Crippen molar-refractivity contribution >= 4 is 69.5 Å². The van der Waals surface area contributed by atoms with Crippen LogP contribution >= 0.6 is 0 Å². The van der Waals surface area contributed by atoms with Crippen molar-refractivity contribution in [2.75, 3.05) is 0 Å². The van der Waals surface area contributed by atoms with Gasteiger partial charge in [0.25, 0.3) is 0 Å². The van der Waals surface area contributed by atoms with Gasteiger partial charge in [-0.1, -0.05) is 22.8 Å². The maximum Gasteiger partial charge on any atom is 0.506 e. The molecule has 0 saturated carbocycles. The molecule has 3 aliphatic rings. The molecule has 4 bridgehead atoms. The van der Waals surface area contributed by atoms with Gasteiger partial charge in [-0.3, -0.25) is 0 Å². The van der Waals surface area contributed by atoms with E-state index in [1.807, 2.05) is 0 Å². The van der Waals surface area contributed by atoms with E-state index in [1.165, 1.54) is 22.8 Å². The van der Waals surface area contributed by atoms with Gasteiger partial charge < -0.3 is 41.2 Å². The standard InChI is InChI=1S/C20H36O10Si8/c1-13-31(9)21-32(10,14-2)24-36(18-6)27-35(17-5,23-31)29-37(19-7)25-33(11,15-3)22-34(12,16-4)26-38(20-8,28-37)30-36/h13-20H,1-8H2,9-12H3. The van der Waals surface area contributed by atoms with Gasteiger partial charge in [0, 0.05) is 0 Å². The third kappa shape index (κ3) is 5.97. The van der Waals surface area contributed by atoms with Crippen LogP contribution in [-0.4, -0.2) is 69.5 Å². The van der Waals surface area contributed by atoms with Crippen molar-refractivity contribution in [1.29, 1.82) is 0 Å². The highest BCUT2D eigenvalue weighted by Gasteiger charge is 2.72. The second kappa shape index (κ2) is 10.6. The molecule has 0 amide bonds. The quantitative estimate of drug-likeness (QED) is 0.356. The van der Waals surface area contributed by atoms with Gasteiger partial charge >= 0.3 is 69.5 Å². The van der Waals surface area contributed by atoms with Crippen LogP contribution in [0.4, 0.5) is 0 Å². The van der Waals surface area contributed by atoms with E-state index < -0.39 is 69.5 Å². The summed E-state index contributed by atoms with van der Waals surface area (Å²) in [5.41, 5.74) is 12.2. The molecular formula is C20H36O10Si8. The highest BCUT2D eigenvalue weighted by atomic mass is 28.6. The second-order valence-corrected chi connectivity index (χ2v) is 33.5. The summed E-state index contributed by atoms with van der Waals surface area (Å²) >= 11 is 0. The van der Waals surface area contributed by atoms with E-state index in [1.54, 1.807) is 49.0 Å². The molecule has 0 N–H and O–H groups in total. The van der Waals surface area contributed by atoms with E-state index in [0.717, 1.165) is 0 Å². The lowest BCUT2D eigenvalue weighted by molar-refractivity contribution is 0.0726. The van der Waals surface area contributed by atoms with Crippen molar-refractivity contribution in [3.63, 3.8) is 0 Å². The average Bonchev–Trinajstić information content (AvgIpc) is 2.85. The Hall–Kier alpha value is -0.745. The van der Waals surface area contributed by atoms with Crippen molar-refractivity contribution in [3.05, 3.63) is 98.2 Å². The summed E-state index contributed by atoms with van der Waals surface area (Å²) in [7, 11) is -29.0. The van der Waals surface area contributed by atoms with Crippen LogP contribution in [0.25, 0.3) is 0 Å². The van der Waals surface area contributed by atoms with Crippen LogP contribution < -0.4 is 0 Å². The fourth-order valence-corrected chi connectivity index (χ4v) is 41.1. The Morgan fingerprint density at radius 2 is 0.474 bits per heavy atom. The number of fused-ring (bicyclic) bond motifs is 4. The van der Waals surface area contributed by atoms with Gasteiger partial charge in [0.15, 0.2) is 0 Å². The van der Waals surface area contributed by atoms with E-state index in [-0.39, 0.29) is 0 Å². The Morgan fingerprint density at radius 3 is 0.605 bits per heavy atom. The molecule has 0 spiro atoms. The summed E-state index contributed by atoms with van der Waals surface area (Å²) in [6.07, 6.45) is 0. The van der Waals surface area contributed by atoms with Gasteiger partial charge in [-0.05, 0) is 49.0 Å². The smallest absolute Gasteiger partial charge is 0.409 e. The van der Waals surface area contributed by atoms with Crippen LogP contribution in [0.3, 0.4) is 0 Å². The molecule has 3 fully saturated rings. The molecule has 3 aliphatic heterocycles. The lowest BCUT2D eigenvalue weighted by atomic mass is 11.3. The van der Waals surface area contributed by atoms with Crippen LogP contribution in [0.2, 0.25) is 26.2 Å². The monoisotopic (exact) mass is 660 g/mol. The summed E-state index contributed by atoms with van der Waals surface area (Å²) in [6, 6.07) is 0. The van der Waals surface area contributed by atoms with Gasteiger partial charge in [-0.2, -0.15) is 0 Å². The molecule has 4 unspecified atom stereocenters. The first-order chi connectivity index (χ1) is 17.6. The molecular weight excluding hydrogens is 625 g/mol. The number of rotatable bonds is 8. The van der Waals surface area contributed by atoms with E-state index >= 15 is 0 Å². The molecule has 38 heavy (non-hydrogen) atoms. The summed E-state index contributed by atoms with van der Waals surface area (Å²) < 4.78 is 66.4. The summed E-state index contributed by atoms with van der Waals surface area (Å²) in [6.45, 7) is 38.9. The maximum atomic E-state index is 6.71. The van der Waals surface area contributed by atoms with Crippen LogP contribution in [0.1, 0.15) is 0 Å². The van der Waals surface area contributed by atoms with E-state index in [4.69, 9.17) is 41.2 Å². The Morgan fingerprint density at radius 1 is 0.289 bits per heavy atom. The Kier molecular flexibility index (Phi) is 8.85. The van der Waals surface area contributed by atoms with Crippen LogP contribution in [0.5, 0.6) is 0 Å². The minimum Gasteiger partial charge on any atom is -0.409 e.